The number of aryl methyl sites for hydroxylation is 1. The Labute approximate surface area is 155 Å². The number of aromatic nitrogens is 1. The lowest BCUT2D eigenvalue weighted by atomic mass is 9.99. The molecule has 3 rings (SSSR count). The second-order valence-corrected chi connectivity index (χ2v) is 7.18. The molecule has 8 heteroatoms. The number of carbonyl (C=O) groups is 2. The zero-order chi connectivity index (χ0) is 18.5. The van der Waals surface area contributed by atoms with Gasteiger partial charge in [-0.05, 0) is 57.1 Å². The van der Waals surface area contributed by atoms with E-state index in [4.69, 9.17) is 9.84 Å². The molecule has 0 spiro atoms. The summed E-state index contributed by atoms with van der Waals surface area (Å²) in [4.78, 5) is 28.3. The number of benzene rings is 1. The molecule has 0 aliphatic carbocycles. The molecule has 26 heavy (non-hydrogen) atoms. The average molecular weight is 375 g/mol. The van der Waals surface area contributed by atoms with Gasteiger partial charge < -0.3 is 20.5 Å². The fourth-order valence-corrected chi connectivity index (χ4v) is 3.97. The Morgan fingerprint density at radius 1 is 1.31 bits per heavy atom. The van der Waals surface area contributed by atoms with Crippen LogP contribution in [0.1, 0.15) is 39.1 Å². The van der Waals surface area contributed by atoms with Gasteiger partial charge in [-0.15, -0.1) is 11.3 Å². The maximum atomic E-state index is 12.6. The molecule has 0 atom stereocenters. The Morgan fingerprint density at radius 2 is 2.00 bits per heavy atom. The molecule has 2 heterocycles. The maximum Gasteiger partial charge on any atom is 0.341 e. The first-order chi connectivity index (χ1) is 12.5. The fraction of sp³-hybridized carbons (Fsp3) is 0.389. The molecule has 1 aromatic carbocycles. The van der Waals surface area contributed by atoms with E-state index in [1.807, 2.05) is 6.92 Å². The van der Waals surface area contributed by atoms with Crippen molar-refractivity contribution in [3.63, 3.8) is 0 Å². The number of hydrogen-bond acceptors (Lipinski definition) is 6. The largest absolute Gasteiger partial charge is 0.482 e. The lowest BCUT2D eigenvalue weighted by Crippen LogP contribution is -2.26. The van der Waals surface area contributed by atoms with Crippen LogP contribution in [0.3, 0.4) is 0 Å². The van der Waals surface area contributed by atoms with Crippen LogP contribution in [0.25, 0.3) is 0 Å². The Balaban J connectivity index is 1.64. The number of nitrogens with one attached hydrogen (secondary N) is 2. The Bertz CT molecular complexity index is 782. The molecule has 1 aliphatic rings. The van der Waals surface area contributed by atoms with Crippen molar-refractivity contribution in [1.29, 1.82) is 0 Å². The normalized spacial score (nSPS) is 14.8. The number of hydrogen-bond donors (Lipinski definition) is 3. The van der Waals surface area contributed by atoms with Crippen LogP contribution in [0.5, 0.6) is 5.75 Å². The van der Waals surface area contributed by atoms with Crippen LogP contribution < -0.4 is 15.4 Å². The molecule has 3 N–H and O–H groups in total. The minimum atomic E-state index is -1.03. The van der Waals surface area contributed by atoms with Crippen LogP contribution in [0, 0.1) is 6.92 Å². The van der Waals surface area contributed by atoms with Crippen LogP contribution in [0.2, 0.25) is 0 Å². The minimum absolute atomic E-state index is 0.181. The number of carbonyl (C=O) groups excluding carboxylic acids is 1. The summed E-state index contributed by atoms with van der Waals surface area (Å²) in [6.07, 6.45) is 2.09. The number of carboxylic acid groups (broad SMARTS) is 1. The zero-order valence-corrected chi connectivity index (χ0v) is 15.3. The van der Waals surface area contributed by atoms with Crippen molar-refractivity contribution in [2.24, 2.45) is 0 Å². The number of aliphatic carboxylic acids is 1. The summed E-state index contributed by atoms with van der Waals surface area (Å²) in [5, 5.41) is 15.8. The first kappa shape index (κ1) is 18.3. The number of amides is 1. The maximum absolute atomic E-state index is 12.6. The van der Waals surface area contributed by atoms with Gasteiger partial charge in [-0.3, -0.25) is 4.79 Å². The van der Waals surface area contributed by atoms with E-state index in [0.717, 1.165) is 36.6 Å². The molecule has 1 amide bonds. The summed E-state index contributed by atoms with van der Waals surface area (Å²) in [5.41, 5.74) is 1.37. The van der Waals surface area contributed by atoms with E-state index >= 15 is 0 Å². The first-order valence-corrected chi connectivity index (χ1v) is 9.28. The Morgan fingerprint density at radius 3 is 2.65 bits per heavy atom. The van der Waals surface area contributed by atoms with E-state index in [-0.39, 0.29) is 5.91 Å². The van der Waals surface area contributed by atoms with Crippen LogP contribution in [0.4, 0.5) is 5.69 Å². The number of ether oxygens (including phenoxy) is 1. The van der Waals surface area contributed by atoms with Gasteiger partial charge in [0.05, 0.1) is 10.7 Å². The van der Waals surface area contributed by atoms with Gasteiger partial charge in [-0.1, -0.05) is 0 Å². The van der Waals surface area contributed by atoms with E-state index in [1.54, 1.807) is 24.3 Å². The first-order valence-electron chi connectivity index (χ1n) is 8.47. The lowest BCUT2D eigenvalue weighted by molar-refractivity contribution is -0.139. The van der Waals surface area contributed by atoms with Gasteiger partial charge >= 0.3 is 5.97 Å². The van der Waals surface area contributed by atoms with Crippen LogP contribution >= 0.6 is 11.3 Å². The molecule has 0 bridgehead atoms. The summed E-state index contributed by atoms with van der Waals surface area (Å²) in [5.74, 6) is -0.355. The van der Waals surface area contributed by atoms with Gasteiger partial charge in [0.2, 0.25) is 0 Å². The minimum Gasteiger partial charge on any atom is -0.482 e. The molecular weight excluding hydrogens is 354 g/mol. The van der Waals surface area contributed by atoms with Gasteiger partial charge in [-0.25, -0.2) is 9.78 Å². The molecule has 138 valence electrons. The second kappa shape index (κ2) is 8.29. The monoisotopic (exact) mass is 375 g/mol. The predicted octanol–water partition coefficient (Wildman–Crippen LogP) is 2.63. The molecule has 1 aliphatic heterocycles. The van der Waals surface area contributed by atoms with Gasteiger partial charge in [-0.2, -0.15) is 0 Å². The SMILES string of the molecule is Cc1nc(C2CCNCC2)sc1C(=O)Nc1ccc(OCC(=O)O)cc1. The molecule has 7 nitrogen and oxygen atoms in total. The molecule has 2 aromatic rings. The van der Waals surface area contributed by atoms with E-state index in [0.29, 0.717) is 22.2 Å². The number of anilines is 1. The van der Waals surface area contributed by atoms with E-state index in [9.17, 15) is 9.59 Å². The second-order valence-electron chi connectivity index (χ2n) is 6.15. The highest BCUT2D eigenvalue weighted by Gasteiger charge is 2.22. The predicted molar refractivity (Wildman–Crippen MR) is 99.2 cm³/mol. The third-order valence-corrected chi connectivity index (χ3v) is 5.50. The van der Waals surface area contributed by atoms with Crippen LogP contribution in [0.15, 0.2) is 24.3 Å². The Kier molecular flexibility index (Phi) is 5.85. The van der Waals surface area contributed by atoms with Gasteiger partial charge in [0.25, 0.3) is 5.91 Å². The summed E-state index contributed by atoms with van der Waals surface area (Å²) in [6, 6.07) is 6.61. The molecule has 0 saturated carbocycles. The van der Waals surface area contributed by atoms with E-state index in [2.05, 4.69) is 15.6 Å². The number of nitrogens with zero attached hydrogens (tertiary/aromatic N) is 1. The molecule has 0 unspecified atom stereocenters. The standard InChI is InChI=1S/C18H21N3O4S/c1-11-16(26-18(20-11)12-6-8-19-9-7-12)17(24)21-13-2-4-14(5-3-13)25-10-15(22)23/h2-5,12,19H,6-10H2,1H3,(H,21,24)(H,22,23). The van der Waals surface area contributed by atoms with Gasteiger partial charge in [0.15, 0.2) is 6.61 Å². The van der Waals surface area contributed by atoms with Crippen LogP contribution in [-0.4, -0.2) is 41.7 Å². The van der Waals surface area contributed by atoms with Crippen molar-refractivity contribution < 1.29 is 19.4 Å². The number of carboxylic acids is 1. The highest BCUT2D eigenvalue weighted by Crippen LogP contribution is 2.31. The number of thiazole rings is 1. The molecule has 1 fully saturated rings. The topological polar surface area (TPSA) is 101 Å². The molecular formula is C18H21N3O4S. The third-order valence-electron chi connectivity index (χ3n) is 4.18. The number of rotatable bonds is 6. The van der Waals surface area contributed by atoms with E-state index in [1.165, 1.54) is 11.3 Å². The van der Waals surface area contributed by atoms with E-state index < -0.39 is 12.6 Å². The van der Waals surface area contributed by atoms with Crippen molar-refractivity contribution in [3.8, 4) is 5.75 Å². The quantitative estimate of drug-likeness (QED) is 0.718. The summed E-state index contributed by atoms with van der Waals surface area (Å²) in [7, 11) is 0. The fourth-order valence-electron chi connectivity index (χ4n) is 2.84. The molecule has 0 radical (unpaired) electrons. The summed E-state index contributed by atoms with van der Waals surface area (Å²) >= 11 is 1.47. The van der Waals surface area contributed by atoms with Gasteiger partial charge in [0, 0.05) is 11.6 Å². The summed E-state index contributed by atoms with van der Waals surface area (Å²) < 4.78 is 5.08. The molecule has 1 saturated heterocycles. The Hall–Kier alpha value is -2.45. The zero-order valence-electron chi connectivity index (χ0n) is 14.4. The summed E-state index contributed by atoms with van der Waals surface area (Å²) in [6.45, 7) is 3.44. The van der Waals surface area contributed by atoms with Gasteiger partial charge in [0.1, 0.15) is 10.6 Å². The highest BCUT2D eigenvalue weighted by molar-refractivity contribution is 7.14. The third kappa shape index (κ3) is 4.59. The lowest BCUT2D eigenvalue weighted by Gasteiger charge is -2.20. The highest BCUT2D eigenvalue weighted by atomic mass is 32.1. The molecule has 1 aromatic heterocycles. The van der Waals surface area contributed by atoms with Crippen molar-refractivity contribution in [1.82, 2.24) is 10.3 Å². The smallest absolute Gasteiger partial charge is 0.341 e. The van der Waals surface area contributed by atoms with Crippen molar-refractivity contribution >= 4 is 28.9 Å². The average Bonchev–Trinajstić information content (AvgIpc) is 3.04. The van der Waals surface area contributed by atoms with Crippen molar-refractivity contribution in [2.75, 3.05) is 25.0 Å². The van der Waals surface area contributed by atoms with Crippen molar-refractivity contribution in [3.05, 3.63) is 39.8 Å². The van der Waals surface area contributed by atoms with Crippen molar-refractivity contribution in [2.45, 2.75) is 25.7 Å². The van der Waals surface area contributed by atoms with Crippen LogP contribution in [-0.2, 0) is 4.79 Å². The number of piperidine rings is 1.